The first-order valence-electron chi connectivity index (χ1n) is 13.4. The van der Waals surface area contributed by atoms with Gasteiger partial charge in [0.05, 0.1) is 17.6 Å². The number of aromatic nitrogens is 2. The van der Waals surface area contributed by atoms with E-state index in [0.29, 0.717) is 34.5 Å². The predicted molar refractivity (Wildman–Crippen MR) is 141 cm³/mol. The Morgan fingerprint density at radius 1 is 1.14 bits per heavy atom. The van der Waals surface area contributed by atoms with Crippen LogP contribution in [-0.4, -0.2) is 45.2 Å². The predicted octanol–water partition coefficient (Wildman–Crippen LogP) is 5.98. The summed E-state index contributed by atoms with van der Waals surface area (Å²) in [7, 11) is 0. The van der Waals surface area contributed by atoms with Crippen LogP contribution < -0.4 is 5.56 Å². The van der Waals surface area contributed by atoms with Gasteiger partial charge in [0.2, 0.25) is 5.69 Å². The van der Waals surface area contributed by atoms with Gasteiger partial charge in [0.15, 0.2) is 0 Å². The zero-order chi connectivity index (χ0) is 25.5. The van der Waals surface area contributed by atoms with Gasteiger partial charge in [-0.1, -0.05) is 39.8 Å². The zero-order valence-electron chi connectivity index (χ0n) is 22.6. The van der Waals surface area contributed by atoms with Crippen molar-refractivity contribution in [2.45, 2.75) is 111 Å². The summed E-state index contributed by atoms with van der Waals surface area (Å²) in [4.78, 5) is 33.2. The third-order valence-corrected chi connectivity index (χ3v) is 8.12. The Hall–Kier alpha value is -2.21. The van der Waals surface area contributed by atoms with Crippen molar-refractivity contribution in [3.05, 3.63) is 40.3 Å². The number of esters is 1. The van der Waals surface area contributed by atoms with Gasteiger partial charge in [-0.3, -0.25) is 9.69 Å². The molecule has 0 radical (unpaired) electrons. The lowest BCUT2D eigenvalue weighted by molar-refractivity contribution is 0.000601. The molecule has 1 saturated carbocycles. The topological polar surface area (TPSA) is 64.4 Å². The molecule has 0 amide bonds. The van der Waals surface area contributed by atoms with Crippen LogP contribution in [0.1, 0.15) is 104 Å². The minimum absolute atomic E-state index is 0.0639. The number of ether oxygens (including phenoxy) is 1. The maximum absolute atomic E-state index is 13.5. The number of likely N-dealkylation sites (tertiary alicyclic amines) is 1. The minimum Gasteiger partial charge on any atom is -0.461 e. The molecular formula is C29H43N3O3. The molecule has 1 saturated heterocycles. The van der Waals surface area contributed by atoms with E-state index in [2.05, 4.69) is 51.4 Å². The Balaban J connectivity index is 1.67. The number of carbonyl (C=O) groups excluding carboxylic acids is 1. The second kappa shape index (κ2) is 9.68. The van der Waals surface area contributed by atoms with E-state index in [-0.39, 0.29) is 23.9 Å². The lowest BCUT2D eigenvalue weighted by Gasteiger charge is -2.50. The Bertz CT molecular complexity index is 1120. The van der Waals surface area contributed by atoms with Crippen molar-refractivity contribution in [3.8, 4) is 0 Å². The largest absolute Gasteiger partial charge is 0.461 e. The first kappa shape index (κ1) is 25.9. The molecule has 1 unspecified atom stereocenters. The van der Waals surface area contributed by atoms with Gasteiger partial charge in [-0.25, -0.2) is 9.78 Å². The van der Waals surface area contributed by atoms with E-state index in [1.807, 2.05) is 24.3 Å². The van der Waals surface area contributed by atoms with Crippen molar-refractivity contribution in [1.29, 1.82) is 0 Å². The first-order chi connectivity index (χ1) is 16.4. The van der Waals surface area contributed by atoms with E-state index in [1.54, 1.807) is 11.5 Å². The lowest BCUT2D eigenvalue weighted by atomic mass is 9.63. The maximum Gasteiger partial charge on any atom is 0.362 e. The molecule has 0 N–H and O–H groups in total. The van der Waals surface area contributed by atoms with Crippen LogP contribution in [0.4, 0.5) is 0 Å². The molecule has 2 aliphatic rings. The fourth-order valence-corrected chi connectivity index (χ4v) is 7.41. The number of fused-ring (bicyclic) bond motifs is 1. The van der Waals surface area contributed by atoms with E-state index in [0.717, 1.165) is 18.4 Å². The lowest BCUT2D eigenvalue weighted by Crippen LogP contribution is -2.50. The number of hydrogen-bond acceptors (Lipinski definition) is 5. The number of carbonyl (C=O) groups is 1. The molecule has 192 valence electrons. The van der Waals surface area contributed by atoms with E-state index >= 15 is 0 Å². The summed E-state index contributed by atoms with van der Waals surface area (Å²) in [6.07, 6.45) is 6.90. The van der Waals surface area contributed by atoms with Crippen LogP contribution in [0.2, 0.25) is 0 Å². The average Bonchev–Trinajstić information content (AvgIpc) is 3.11. The maximum atomic E-state index is 13.5. The van der Waals surface area contributed by atoms with Gasteiger partial charge in [-0.2, -0.15) is 0 Å². The summed E-state index contributed by atoms with van der Waals surface area (Å²) >= 11 is 0. The van der Waals surface area contributed by atoms with Crippen LogP contribution in [0.5, 0.6) is 0 Å². The third kappa shape index (κ3) is 5.32. The van der Waals surface area contributed by atoms with Gasteiger partial charge >= 0.3 is 5.97 Å². The van der Waals surface area contributed by atoms with E-state index in [9.17, 15) is 9.59 Å². The fourth-order valence-electron chi connectivity index (χ4n) is 7.41. The Labute approximate surface area is 210 Å². The third-order valence-electron chi connectivity index (χ3n) is 8.12. The summed E-state index contributed by atoms with van der Waals surface area (Å²) < 4.78 is 6.93. The Morgan fingerprint density at radius 2 is 1.80 bits per heavy atom. The number of benzene rings is 1. The number of hydrogen-bond donors (Lipinski definition) is 0. The molecule has 6 heteroatoms. The van der Waals surface area contributed by atoms with Crippen molar-refractivity contribution in [3.63, 3.8) is 0 Å². The highest BCUT2D eigenvalue weighted by molar-refractivity contribution is 5.89. The highest BCUT2D eigenvalue weighted by Gasteiger charge is 2.45. The standard InChI is InChI=1S/C29H43N3O3/c1-8-35-27(34)25-26(33)32(24-12-10-9-11-23(24)30-25)20(3)15-21-14-13-19(2)31(21)22-16-28(4,5)18-29(6,7)17-22/h9-12,19-22H,8,13-18H2,1-7H3/t19?,20-,21-/m0/s1. The quantitative estimate of drug-likeness (QED) is 0.475. The molecular weight excluding hydrogens is 438 g/mol. The number of para-hydroxylation sites is 2. The van der Waals surface area contributed by atoms with Crippen LogP contribution in [0.3, 0.4) is 0 Å². The van der Waals surface area contributed by atoms with E-state index < -0.39 is 5.97 Å². The summed E-state index contributed by atoms with van der Waals surface area (Å²) in [5.74, 6) is -0.646. The van der Waals surface area contributed by atoms with Gasteiger partial charge in [0.1, 0.15) is 0 Å². The van der Waals surface area contributed by atoms with Gasteiger partial charge in [-0.05, 0) is 82.3 Å². The highest BCUT2D eigenvalue weighted by atomic mass is 16.5. The molecule has 1 aliphatic carbocycles. The molecule has 3 atom stereocenters. The number of nitrogens with zero attached hydrogens (tertiary/aromatic N) is 3. The van der Waals surface area contributed by atoms with Gasteiger partial charge in [0.25, 0.3) is 5.56 Å². The van der Waals surface area contributed by atoms with Gasteiger partial charge in [0, 0.05) is 24.2 Å². The highest BCUT2D eigenvalue weighted by Crippen LogP contribution is 2.49. The molecule has 2 heterocycles. The van der Waals surface area contributed by atoms with Crippen LogP contribution in [0, 0.1) is 10.8 Å². The van der Waals surface area contributed by atoms with Crippen LogP contribution in [0.25, 0.3) is 11.0 Å². The SMILES string of the molecule is CCOC(=O)c1nc2ccccc2n([C@@H](C)C[C@@H]2CCC(C)N2C2CC(C)(C)CC(C)(C)C2)c1=O. The summed E-state index contributed by atoms with van der Waals surface area (Å²) in [6, 6.07) is 9.05. The van der Waals surface area contributed by atoms with Crippen LogP contribution in [0.15, 0.2) is 29.1 Å². The Kier molecular flexibility index (Phi) is 7.16. The summed E-state index contributed by atoms with van der Waals surface area (Å²) in [6.45, 7) is 16.1. The summed E-state index contributed by atoms with van der Waals surface area (Å²) in [5.41, 5.74) is 1.61. The first-order valence-corrected chi connectivity index (χ1v) is 13.4. The normalized spacial score (nSPS) is 25.6. The second-order valence-corrected chi connectivity index (χ2v) is 12.5. The van der Waals surface area contributed by atoms with Gasteiger partial charge < -0.3 is 9.30 Å². The molecule has 6 nitrogen and oxygen atoms in total. The molecule has 0 bridgehead atoms. The minimum atomic E-state index is -0.646. The monoisotopic (exact) mass is 481 g/mol. The second-order valence-electron chi connectivity index (χ2n) is 12.5. The molecule has 2 fully saturated rings. The van der Waals surface area contributed by atoms with E-state index in [4.69, 9.17) is 4.74 Å². The van der Waals surface area contributed by atoms with Crippen molar-refractivity contribution < 1.29 is 9.53 Å². The van der Waals surface area contributed by atoms with Gasteiger partial charge in [-0.15, -0.1) is 0 Å². The van der Waals surface area contributed by atoms with E-state index in [1.165, 1.54) is 25.7 Å². The number of rotatable bonds is 6. The molecule has 1 aliphatic heterocycles. The molecule has 1 aromatic heterocycles. The molecule has 35 heavy (non-hydrogen) atoms. The zero-order valence-corrected chi connectivity index (χ0v) is 22.6. The van der Waals surface area contributed by atoms with Crippen LogP contribution in [-0.2, 0) is 4.74 Å². The molecule has 0 spiro atoms. The average molecular weight is 482 g/mol. The van der Waals surface area contributed by atoms with Crippen molar-refractivity contribution in [2.75, 3.05) is 6.61 Å². The molecule has 4 rings (SSSR count). The molecule has 2 aromatic rings. The van der Waals surface area contributed by atoms with Crippen molar-refractivity contribution in [1.82, 2.24) is 14.5 Å². The molecule has 1 aromatic carbocycles. The summed E-state index contributed by atoms with van der Waals surface area (Å²) in [5, 5.41) is 0. The van der Waals surface area contributed by atoms with Crippen molar-refractivity contribution >= 4 is 17.0 Å². The smallest absolute Gasteiger partial charge is 0.362 e. The van der Waals surface area contributed by atoms with Crippen molar-refractivity contribution in [2.24, 2.45) is 10.8 Å². The fraction of sp³-hybridized carbons (Fsp3) is 0.690. The Morgan fingerprint density at radius 3 is 2.46 bits per heavy atom. The van der Waals surface area contributed by atoms with Crippen LogP contribution >= 0.6 is 0 Å².